The maximum absolute atomic E-state index is 5.43. The lowest BCUT2D eigenvalue weighted by Crippen LogP contribution is -2.28. The van der Waals surface area contributed by atoms with E-state index in [0.717, 1.165) is 25.2 Å². The summed E-state index contributed by atoms with van der Waals surface area (Å²) in [5, 5.41) is 3.43. The monoisotopic (exact) mass is 225 g/mol. The van der Waals surface area contributed by atoms with Gasteiger partial charge in [-0.05, 0) is 33.2 Å². The Morgan fingerprint density at radius 1 is 1.56 bits per heavy atom. The first-order valence-corrected chi connectivity index (χ1v) is 5.87. The third kappa shape index (κ3) is 3.94. The van der Waals surface area contributed by atoms with E-state index in [1.54, 1.807) is 13.3 Å². The van der Waals surface area contributed by atoms with Crippen molar-refractivity contribution in [3.8, 4) is 0 Å². The molecule has 0 aromatic carbocycles. The molecule has 0 bridgehead atoms. The van der Waals surface area contributed by atoms with Gasteiger partial charge in [-0.25, -0.2) is 4.98 Å². The minimum atomic E-state index is -0.0692. The van der Waals surface area contributed by atoms with Gasteiger partial charge in [-0.1, -0.05) is 6.92 Å². The molecule has 1 aromatic rings. The van der Waals surface area contributed by atoms with Crippen molar-refractivity contribution in [2.24, 2.45) is 0 Å². The number of imidazole rings is 1. The highest BCUT2D eigenvalue weighted by Crippen LogP contribution is 2.22. The van der Waals surface area contributed by atoms with Crippen molar-refractivity contribution in [3.05, 3.63) is 18.2 Å². The fourth-order valence-corrected chi connectivity index (χ4v) is 1.64. The first-order valence-electron chi connectivity index (χ1n) is 5.87. The number of methoxy groups -OCH3 is 1. The molecule has 2 N–H and O–H groups in total. The zero-order chi connectivity index (χ0) is 12.0. The van der Waals surface area contributed by atoms with Crippen molar-refractivity contribution in [2.45, 2.75) is 45.3 Å². The Balaban J connectivity index is 2.53. The molecule has 4 heteroatoms. The summed E-state index contributed by atoms with van der Waals surface area (Å²) in [6.07, 6.45) is 5.67. The number of aromatic nitrogens is 2. The van der Waals surface area contributed by atoms with Gasteiger partial charge in [-0.3, -0.25) is 0 Å². The third-order valence-electron chi connectivity index (χ3n) is 2.89. The molecule has 1 heterocycles. The predicted octanol–water partition coefficient (Wildman–Crippen LogP) is 2.27. The Labute approximate surface area is 97.8 Å². The molecule has 0 aliphatic rings. The first-order chi connectivity index (χ1) is 7.59. The quantitative estimate of drug-likeness (QED) is 0.748. The van der Waals surface area contributed by atoms with Crippen LogP contribution < -0.4 is 5.32 Å². The molecule has 0 spiro atoms. The normalized spacial score (nSPS) is 14.0. The second-order valence-corrected chi connectivity index (χ2v) is 4.59. The molecule has 1 aromatic heterocycles. The average Bonchev–Trinajstić information content (AvgIpc) is 2.77. The molecule has 0 aliphatic heterocycles. The Hall–Kier alpha value is -0.870. The molecule has 0 saturated heterocycles. The average molecular weight is 225 g/mol. The number of nitrogens with zero attached hydrogens (tertiary/aromatic N) is 1. The number of rotatable bonds is 7. The van der Waals surface area contributed by atoms with E-state index in [1.807, 2.05) is 6.20 Å². The molecule has 0 aliphatic carbocycles. The van der Waals surface area contributed by atoms with Crippen LogP contribution in [-0.2, 0) is 4.74 Å². The van der Waals surface area contributed by atoms with Gasteiger partial charge in [0.1, 0.15) is 5.82 Å². The summed E-state index contributed by atoms with van der Waals surface area (Å²) in [7, 11) is 1.76. The molecule has 0 fully saturated rings. The van der Waals surface area contributed by atoms with Crippen molar-refractivity contribution >= 4 is 0 Å². The number of hydrogen-bond donors (Lipinski definition) is 2. The minimum absolute atomic E-state index is 0.0692. The number of H-pyrrole nitrogens is 1. The van der Waals surface area contributed by atoms with Gasteiger partial charge < -0.3 is 15.0 Å². The van der Waals surface area contributed by atoms with Crippen LogP contribution in [0.5, 0.6) is 0 Å². The molecule has 0 radical (unpaired) electrons. The van der Waals surface area contributed by atoms with Crippen molar-refractivity contribution in [1.29, 1.82) is 0 Å². The molecular formula is C12H23N3O. The standard InChI is InChI=1S/C12H23N3O/c1-5-13-10(11-14-8-9-15-11)6-7-12(2,3)16-4/h8-10,13H,5-7H2,1-4H3,(H,14,15). The fraction of sp³-hybridized carbons (Fsp3) is 0.750. The van der Waals surface area contributed by atoms with Crippen molar-refractivity contribution < 1.29 is 4.74 Å². The van der Waals surface area contributed by atoms with Crippen LogP contribution in [0.25, 0.3) is 0 Å². The fourth-order valence-electron chi connectivity index (χ4n) is 1.64. The number of nitrogens with one attached hydrogen (secondary N) is 2. The van der Waals surface area contributed by atoms with Crippen molar-refractivity contribution in [2.75, 3.05) is 13.7 Å². The van der Waals surface area contributed by atoms with E-state index in [9.17, 15) is 0 Å². The molecular weight excluding hydrogens is 202 g/mol. The first kappa shape index (κ1) is 13.2. The summed E-state index contributed by atoms with van der Waals surface area (Å²) in [5.41, 5.74) is -0.0692. The molecule has 4 nitrogen and oxygen atoms in total. The Kier molecular flexibility index (Phi) is 4.96. The van der Waals surface area contributed by atoms with Crippen LogP contribution in [-0.4, -0.2) is 29.2 Å². The van der Waals surface area contributed by atoms with Gasteiger partial charge in [-0.2, -0.15) is 0 Å². The highest BCUT2D eigenvalue weighted by Gasteiger charge is 2.20. The SMILES string of the molecule is CCNC(CCC(C)(C)OC)c1ncc[nH]1. The lowest BCUT2D eigenvalue weighted by molar-refractivity contribution is 0.0115. The van der Waals surface area contributed by atoms with E-state index in [2.05, 4.69) is 36.1 Å². The van der Waals surface area contributed by atoms with Gasteiger partial charge in [0.05, 0.1) is 11.6 Å². The molecule has 0 saturated carbocycles. The van der Waals surface area contributed by atoms with Crippen LogP contribution in [0.3, 0.4) is 0 Å². The van der Waals surface area contributed by atoms with Crippen LogP contribution in [0, 0.1) is 0 Å². The highest BCUT2D eigenvalue weighted by molar-refractivity contribution is 4.96. The Bertz CT molecular complexity index is 282. The zero-order valence-corrected chi connectivity index (χ0v) is 10.7. The summed E-state index contributed by atoms with van der Waals surface area (Å²) in [5.74, 6) is 1.01. The van der Waals surface area contributed by atoms with Crippen molar-refractivity contribution in [3.63, 3.8) is 0 Å². The summed E-state index contributed by atoms with van der Waals surface area (Å²) in [6, 6.07) is 0.287. The van der Waals surface area contributed by atoms with Crippen LogP contribution in [0.2, 0.25) is 0 Å². The van der Waals surface area contributed by atoms with Gasteiger partial charge in [0.25, 0.3) is 0 Å². The summed E-state index contributed by atoms with van der Waals surface area (Å²) >= 11 is 0. The van der Waals surface area contributed by atoms with Gasteiger partial charge in [-0.15, -0.1) is 0 Å². The molecule has 1 rings (SSSR count). The molecule has 92 valence electrons. The summed E-state index contributed by atoms with van der Waals surface area (Å²) < 4.78 is 5.43. The Morgan fingerprint density at radius 3 is 2.81 bits per heavy atom. The minimum Gasteiger partial charge on any atom is -0.379 e. The molecule has 1 unspecified atom stereocenters. The van der Waals surface area contributed by atoms with Crippen LogP contribution in [0.15, 0.2) is 12.4 Å². The second kappa shape index (κ2) is 6.01. The summed E-state index contributed by atoms with van der Waals surface area (Å²) in [4.78, 5) is 7.46. The predicted molar refractivity (Wildman–Crippen MR) is 65.3 cm³/mol. The number of hydrogen-bond acceptors (Lipinski definition) is 3. The van der Waals surface area contributed by atoms with Crippen LogP contribution >= 0.6 is 0 Å². The van der Waals surface area contributed by atoms with E-state index in [0.29, 0.717) is 0 Å². The largest absolute Gasteiger partial charge is 0.379 e. The zero-order valence-electron chi connectivity index (χ0n) is 10.7. The molecule has 0 amide bonds. The van der Waals surface area contributed by atoms with Gasteiger partial charge in [0.15, 0.2) is 0 Å². The van der Waals surface area contributed by atoms with Crippen LogP contribution in [0.4, 0.5) is 0 Å². The van der Waals surface area contributed by atoms with Gasteiger partial charge >= 0.3 is 0 Å². The topological polar surface area (TPSA) is 49.9 Å². The van der Waals surface area contributed by atoms with E-state index in [-0.39, 0.29) is 11.6 Å². The molecule has 1 atom stereocenters. The number of aromatic amines is 1. The Morgan fingerprint density at radius 2 is 2.31 bits per heavy atom. The van der Waals surface area contributed by atoms with Crippen LogP contribution in [0.1, 0.15) is 45.5 Å². The molecule has 16 heavy (non-hydrogen) atoms. The van der Waals surface area contributed by atoms with Gasteiger partial charge in [0, 0.05) is 19.5 Å². The maximum Gasteiger partial charge on any atom is 0.123 e. The lowest BCUT2D eigenvalue weighted by Gasteiger charge is -2.25. The third-order valence-corrected chi connectivity index (χ3v) is 2.89. The van der Waals surface area contributed by atoms with Crippen molar-refractivity contribution in [1.82, 2.24) is 15.3 Å². The maximum atomic E-state index is 5.43. The second-order valence-electron chi connectivity index (χ2n) is 4.59. The lowest BCUT2D eigenvalue weighted by atomic mass is 9.98. The van der Waals surface area contributed by atoms with Gasteiger partial charge in [0.2, 0.25) is 0 Å². The van der Waals surface area contributed by atoms with E-state index in [4.69, 9.17) is 4.74 Å². The highest BCUT2D eigenvalue weighted by atomic mass is 16.5. The van der Waals surface area contributed by atoms with E-state index >= 15 is 0 Å². The van der Waals surface area contributed by atoms with E-state index < -0.39 is 0 Å². The summed E-state index contributed by atoms with van der Waals surface area (Å²) in [6.45, 7) is 7.27. The number of ether oxygens (including phenoxy) is 1. The van der Waals surface area contributed by atoms with E-state index in [1.165, 1.54) is 0 Å². The smallest absolute Gasteiger partial charge is 0.123 e.